The van der Waals surface area contributed by atoms with E-state index in [0.29, 0.717) is 18.3 Å². The van der Waals surface area contributed by atoms with E-state index in [2.05, 4.69) is 25.4 Å². The molecule has 1 N–H and O–H groups in total. The molecule has 14 heavy (non-hydrogen) atoms. The Morgan fingerprint density at radius 2 is 2.43 bits per heavy atom. The van der Waals surface area contributed by atoms with Crippen molar-refractivity contribution < 1.29 is 4.52 Å². The van der Waals surface area contributed by atoms with Gasteiger partial charge in [-0.1, -0.05) is 5.16 Å². The van der Waals surface area contributed by atoms with Gasteiger partial charge in [0.05, 0.1) is 6.54 Å². The van der Waals surface area contributed by atoms with Gasteiger partial charge in [0.25, 0.3) is 0 Å². The molecule has 0 spiro atoms. The van der Waals surface area contributed by atoms with Gasteiger partial charge in [0, 0.05) is 13.1 Å². The number of hydrogen-bond donors (Lipinski definition) is 1. The summed E-state index contributed by atoms with van der Waals surface area (Å²) >= 11 is 0. The predicted molar refractivity (Wildman–Crippen MR) is 48.4 cm³/mol. The van der Waals surface area contributed by atoms with Crippen molar-refractivity contribution in [2.75, 3.05) is 5.32 Å². The van der Waals surface area contributed by atoms with E-state index in [0.717, 1.165) is 5.82 Å². The lowest BCUT2D eigenvalue weighted by atomic mass is 10.5. The van der Waals surface area contributed by atoms with Crippen LogP contribution in [0.25, 0.3) is 0 Å². The summed E-state index contributed by atoms with van der Waals surface area (Å²) in [5.74, 6) is 1.91. The maximum Gasteiger partial charge on any atom is 0.223 e. The molecule has 2 rings (SSSR count). The fourth-order valence-electron chi connectivity index (χ4n) is 0.978. The Hall–Kier alpha value is -1.98. The fraction of sp³-hybridized carbons (Fsp3) is 0.250. The third-order valence-electron chi connectivity index (χ3n) is 1.58. The van der Waals surface area contributed by atoms with E-state index in [9.17, 15) is 0 Å². The monoisotopic (exact) mass is 191 g/mol. The second kappa shape index (κ2) is 3.82. The van der Waals surface area contributed by atoms with Crippen LogP contribution >= 0.6 is 0 Å². The summed E-state index contributed by atoms with van der Waals surface area (Å²) in [5.41, 5.74) is 0. The minimum atomic E-state index is 0.494. The van der Waals surface area contributed by atoms with Crippen LogP contribution < -0.4 is 5.32 Å². The van der Waals surface area contributed by atoms with Crippen LogP contribution in [0.2, 0.25) is 0 Å². The Balaban J connectivity index is 1.95. The number of nitrogens with one attached hydrogen (secondary N) is 1. The zero-order valence-electron chi connectivity index (χ0n) is 7.64. The van der Waals surface area contributed by atoms with E-state index in [4.69, 9.17) is 4.52 Å². The van der Waals surface area contributed by atoms with Crippen molar-refractivity contribution in [3.8, 4) is 0 Å². The zero-order chi connectivity index (χ0) is 9.80. The smallest absolute Gasteiger partial charge is 0.223 e. The van der Waals surface area contributed by atoms with Crippen LogP contribution in [0, 0.1) is 6.92 Å². The molecule has 0 aliphatic rings. The van der Waals surface area contributed by atoms with E-state index in [1.165, 1.54) is 6.33 Å². The molecule has 0 aliphatic heterocycles. The lowest BCUT2D eigenvalue weighted by Gasteiger charge is -1.99. The molecule has 2 heterocycles. The SMILES string of the molecule is Cc1nc(CNc2ccncn2)no1. The van der Waals surface area contributed by atoms with Crippen molar-refractivity contribution >= 4 is 5.82 Å². The molecule has 0 aliphatic carbocycles. The molecule has 6 heteroatoms. The number of aromatic nitrogens is 4. The van der Waals surface area contributed by atoms with Crippen molar-refractivity contribution in [1.29, 1.82) is 0 Å². The first kappa shape index (κ1) is 8.61. The highest BCUT2D eigenvalue weighted by atomic mass is 16.5. The Bertz CT molecular complexity index is 399. The molecule has 0 unspecified atom stereocenters. The zero-order valence-corrected chi connectivity index (χ0v) is 7.64. The van der Waals surface area contributed by atoms with Gasteiger partial charge in [0.2, 0.25) is 5.89 Å². The molecule has 0 saturated heterocycles. The standard InChI is InChI=1S/C8H9N5O/c1-6-12-8(13-14-6)4-10-7-2-3-9-5-11-7/h2-3,5H,4H2,1H3,(H,9,10,11). The van der Waals surface area contributed by atoms with Crippen molar-refractivity contribution in [3.63, 3.8) is 0 Å². The van der Waals surface area contributed by atoms with E-state index in [1.54, 1.807) is 19.2 Å². The first-order valence-corrected chi connectivity index (χ1v) is 4.13. The first-order valence-electron chi connectivity index (χ1n) is 4.13. The summed E-state index contributed by atoms with van der Waals surface area (Å²) in [7, 11) is 0. The minimum Gasteiger partial charge on any atom is -0.363 e. The summed E-state index contributed by atoms with van der Waals surface area (Å²) in [5, 5.41) is 6.78. The quantitative estimate of drug-likeness (QED) is 0.772. The lowest BCUT2D eigenvalue weighted by molar-refractivity contribution is 0.388. The second-order valence-electron chi connectivity index (χ2n) is 2.68. The fourth-order valence-corrected chi connectivity index (χ4v) is 0.978. The lowest BCUT2D eigenvalue weighted by Crippen LogP contribution is -2.02. The summed E-state index contributed by atoms with van der Waals surface area (Å²) < 4.78 is 4.82. The molecular formula is C8H9N5O. The number of anilines is 1. The Labute approximate surface area is 80.4 Å². The third kappa shape index (κ3) is 2.03. The molecule has 2 aromatic rings. The number of hydrogen-bond acceptors (Lipinski definition) is 6. The van der Waals surface area contributed by atoms with Gasteiger partial charge in [-0.2, -0.15) is 4.98 Å². The largest absolute Gasteiger partial charge is 0.363 e. The maximum atomic E-state index is 4.82. The summed E-state index contributed by atoms with van der Waals surface area (Å²) in [4.78, 5) is 11.8. The molecule has 0 radical (unpaired) electrons. The highest BCUT2D eigenvalue weighted by Crippen LogP contribution is 2.01. The highest BCUT2D eigenvalue weighted by Gasteiger charge is 2.01. The highest BCUT2D eigenvalue weighted by molar-refractivity contribution is 5.31. The van der Waals surface area contributed by atoms with Crippen LogP contribution in [0.5, 0.6) is 0 Å². The average Bonchev–Trinajstić information content (AvgIpc) is 2.63. The number of rotatable bonds is 3. The molecule has 0 saturated carbocycles. The van der Waals surface area contributed by atoms with Crippen LogP contribution in [0.4, 0.5) is 5.82 Å². The minimum absolute atomic E-state index is 0.494. The van der Waals surface area contributed by atoms with Crippen molar-refractivity contribution in [2.24, 2.45) is 0 Å². The van der Waals surface area contributed by atoms with Gasteiger partial charge >= 0.3 is 0 Å². The average molecular weight is 191 g/mol. The molecular weight excluding hydrogens is 182 g/mol. The van der Waals surface area contributed by atoms with Crippen LogP contribution in [-0.2, 0) is 6.54 Å². The number of nitrogens with zero attached hydrogens (tertiary/aromatic N) is 4. The third-order valence-corrected chi connectivity index (χ3v) is 1.58. The van der Waals surface area contributed by atoms with Crippen LogP contribution in [0.15, 0.2) is 23.1 Å². The van der Waals surface area contributed by atoms with Gasteiger partial charge in [0.1, 0.15) is 12.1 Å². The molecule has 0 amide bonds. The Kier molecular flexibility index (Phi) is 2.35. The van der Waals surface area contributed by atoms with Crippen molar-refractivity contribution in [3.05, 3.63) is 30.3 Å². The van der Waals surface area contributed by atoms with Crippen LogP contribution in [-0.4, -0.2) is 20.1 Å². The summed E-state index contributed by atoms with van der Waals surface area (Å²) in [6.45, 7) is 2.25. The summed E-state index contributed by atoms with van der Waals surface area (Å²) in [6, 6.07) is 1.77. The van der Waals surface area contributed by atoms with Gasteiger partial charge in [-0.25, -0.2) is 9.97 Å². The normalized spacial score (nSPS) is 10.1. The number of aryl methyl sites for hydroxylation is 1. The Morgan fingerprint density at radius 3 is 3.07 bits per heavy atom. The van der Waals surface area contributed by atoms with E-state index < -0.39 is 0 Å². The molecule has 72 valence electrons. The Morgan fingerprint density at radius 1 is 1.50 bits per heavy atom. The second-order valence-corrected chi connectivity index (χ2v) is 2.68. The van der Waals surface area contributed by atoms with Gasteiger partial charge < -0.3 is 9.84 Å². The molecule has 0 atom stereocenters. The van der Waals surface area contributed by atoms with Gasteiger partial charge in [-0.15, -0.1) is 0 Å². The van der Waals surface area contributed by atoms with E-state index >= 15 is 0 Å². The summed E-state index contributed by atoms with van der Waals surface area (Å²) in [6.07, 6.45) is 3.14. The van der Waals surface area contributed by atoms with Crippen molar-refractivity contribution in [1.82, 2.24) is 20.1 Å². The molecule has 2 aromatic heterocycles. The molecule has 0 bridgehead atoms. The van der Waals surface area contributed by atoms with E-state index in [1.807, 2.05) is 0 Å². The van der Waals surface area contributed by atoms with Gasteiger partial charge in [-0.3, -0.25) is 0 Å². The van der Waals surface area contributed by atoms with Crippen LogP contribution in [0.3, 0.4) is 0 Å². The predicted octanol–water partition coefficient (Wildman–Crippen LogP) is 0.780. The first-order chi connectivity index (χ1) is 6.84. The molecule has 6 nitrogen and oxygen atoms in total. The maximum absolute atomic E-state index is 4.82. The van der Waals surface area contributed by atoms with Crippen molar-refractivity contribution in [2.45, 2.75) is 13.5 Å². The van der Waals surface area contributed by atoms with E-state index in [-0.39, 0.29) is 0 Å². The molecule has 0 fully saturated rings. The van der Waals surface area contributed by atoms with Gasteiger partial charge in [0.15, 0.2) is 5.82 Å². The van der Waals surface area contributed by atoms with Crippen LogP contribution in [0.1, 0.15) is 11.7 Å². The van der Waals surface area contributed by atoms with Gasteiger partial charge in [-0.05, 0) is 6.07 Å². The topological polar surface area (TPSA) is 76.7 Å². The molecule has 0 aromatic carbocycles.